The highest BCUT2D eigenvalue weighted by molar-refractivity contribution is 6.74. The van der Waals surface area contributed by atoms with E-state index in [1.54, 1.807) is 7.11 Å². The third kappa shape index (κ3) is 4.06. The lowest BCUT2D eigenvalue weighted by Crippen LogP contribution is -2.52. The predicted molar refractivity (Wildman–Crippen MR) is 108 cm³/mol. The first kappa shape index (κ1) is 21.5. The zero-order valence-electron chi connectivity index (χ0n) is 17.7. The zero-order chi connectivity index (χ0) is 19.8. The molecule has 0 saturated heterocycles. The fraction of sp³-hybridized carbons (Fsp3) is 0.762. The second kappa shape index (κ2) is 7.70. The molecule has 5 heteroatoms. The molecule has 2 rings (SSSR count). The molecule has 0 aliphatic heterocycles. The summed E-state index contributed by atoms with van der Waals surface area (Å²) in [5.74, 6) is 0.222. The molecule has 4 nitrogen and oxygen atoms in total. The van der Waals surface area contributed by atoms with Gasteiger partial charge in [-0.1, -0.05) is 45.9 Å². The Bertz CT molecular complexity index is 587. The highest BCUT2D eigenvalue weighted by atomic mass is 28.4. The van der Waals surface area contributed by atoms with E-state index in [0.717, 1.165) is 12.0 Å². The van der Waals surface area contributed by atoms with Crippen LogP contribution in [0.3, 0.4) is 0 Å². The first-order valence-electron chi connectivity index (χ1n) is 9.58. The number of methoxy groups -OCH3 is 1. The van der Waals surface area contributed by atoms with E-state index in [1.165, 1.54) is 0 Å². The minimum atomic E-state index is -1.83. The van der Waals surface area contributed by atoms with Gasteiger partial charge < -0.3 is 13.9 Å². The smallest absolute Gasteiger partial charge is 0.192 e. The van der Waals surface area contributed by atoms with Crippen molar-refractivity contribution in [2.75, 3.05) is 20.5 Å². The van der Waals surface area contributed by atoms with Crippen molar-refractivity contribution in [3.8, 4) is 0 Å². The van der Waals surface area contributed by atoms with E-state index >= 15 is 0 Å². The Labute approximate surface area is 160 Å². The fourth-order valence-electron chi connectivity index (χ4n) is 3.69. The number of hydrogen-bond donors (Lipinski definition) is 0. The Balaban J connectivity index is 2.27. The monoisotopic (exact) mass is 380 g/mol. The van der Waals surface area contributed by atoms with Gasteiger partial charge in [0.15, 0.2) is 14.1 Å². The summed E-state index contributed by atoms with van der Waals surface area (Å²) in [5, 5.41) is 0.175. The molecule has 0 unspecified atom stereocenters. The number of carbonyl (C=O) groups excluding carboxylic acids is 1. The summed E-state index contributed by atoms with van der Waals surface area (Å²) in [5.41, 5.74) is 0.657. The lowest BCUT2D eigenvalue weighted by atomic mass is 9.57. The number of hydrogen-bond acceptors (Lipinski definition) is 4. The maximum absolute atomic E-state index is 13.0. The fourth-order valence-corrected chi connectivity index (χ4v) is 4.71. The van der Waals surface area contributed by atoms with Gasteiger partial charge in [0.05, 0.1) is 12.0 Å². The summed E-state index contributed by atoms with van der Waals surface area (Å²) in [6.07, 6.45) is 6.97. The summed E-state index contributed by atoms with van der Waals surface area (Å²) >= 11 is 0. The molecule has 0 aromatic rings. The number of ketones is 1. The van der Waals surface area contributed by atoms with Gasteiger partial charge in [-0.2, -0.15) is 0 Å². The minimum absolute atomic E-state index is 0.175. The summed E-state index contributed by atoms with van der Waals surface area (Å²) in [6.45, 7) is 16.3. The van der Waals surface area contributed by atoms with Gasteiger partial charge in [0.1, 0.15) is 6.79 Å². The van der Waals surface area contributed by atoms with Crippen LogP contribution in [0.5, 0.6) is 0 Å². The van der Waals surface area contributed by atoms with Crippen molar-refractivity contribution < 1.29 is 18.7 Å². The van der Waals surface area contributed by atoms with Gasteiger partial charge in [0.2, 0.25) is 0 Å². The topological polar surface area (TPSA) is 44.8 Å². The summed E-state index contributed by atoms with van der Waals surface area (Å²) in [4.78, 5) is 13.0. The van der Waals surface area contributed by atoms with Crippen LogP contribution in [0, 0.1) is 17.3 Å². The van der Waals surface area contributed by atoms with Gasteiger partial charge in [0, 0.05) is 19.6 Å². The van der Waals surface area contributed by atoms with Crippen LogP contribution in [-0.4, -0.2) is 40.7 Å². The van der Waals surface area contributed by atoms with Crippen molar-refractivity contribution in [1.82, 2.24) is 0 Å². The molecule has 0 fully saturated rings. The SMILES string of the molecule is COCO[C@H]1C=C[C@H](CO[Si](C)(C)C(C)(C)C)[C@]2(C)CC=C(C)C(=O)[C@@H]12. The van der Waals surface area contributed by atoms with Crippen LogP contribution in [-0.2, 0) is 18.7 Å². The Morgan fingerprint density at radius 1 is 1.27 bits per heavy atom. The molecule has 0 aromatic carbocycles. The predicted octanol–water partition coefficient (Wildman–Crippen LogP) is 4.72. The maximum atomic E-state index is 13.0. The summed E-state index contributed by atoms with van der Waals surface area (Å²) in [7, 11) is -0.226. The van der Waals surface area contributed by atoms with E-state index in [2.05, 4.69) is 52.9 Å². The quantitative estimate of drug-likeness (QED) is 0.380. The molecule has 148 valence electrons. The lowest BCUT2D eigenvalue weighted by Gasteiger charge is -2.50. The van der Waals surface area contributed by atoms with E-state index in [-0.39, 0.29) is 41.0 Å². The third-order valence-electron chi connectivity index (χ3n) is 6.75. The molecular weight excluding hydrogens is 344 g/mol. The van der Waals surface area contributed by atoms with Gasteiger partial charge in [0.25, 0.3) is 0 Å². The second-order valence-corrected chi connectivity index (χ2v) is 14.3. The van der Waals surface area contributed by atoms with Gasteiger partial charge in [-0.05, 0) is 42.5 Å². The molecule has 2 aliphatic carbocycles. The molecule has 0 amide bonds. The number of ether oxygens (including phenoxy) is 2. The zero-order valence-corrected chi connectivity index (χ0v) is 18.7. The van der Waals surface area contributed by atoms with Crippen molar-refractivity contribution >= 4 is 14.1 Å². The summed E-state index contributed by atoms with van der Waals surface area (Å²) in [6, 6.07) is 0. The van der Waals surface area contributed by atoms with Crippen molar-refractivity contribution in [1.29, 1.82) is 0 Å². The molecule has 0 heterocycles. The normalized spacial score (nSPS) is 32.4. The van der Waals surface area contributed by atoms with Gasteiger partial charge in [-0.3, -0.25) is 4.79 Å². The third-order valence-corrected chi connectivity index (χ3v) is 11.2. The molecule has 0 N–H and O–H groups in total. The second-order valence-electron chi connectivity index (χ2n) is 9.54. The van der Waals surface area contributed by atoms with Crippen LogP contribution >= 0.6 is 0 Å². The Kier molecular flexibility index (Phi) is 6.38. The highest BCUT2D eigenvalue weighted by Gasteiger charge is 2.52. The van der Waals surface area contributed by atoms with E-state index in [0.29, 0.717) is 6.61 Å². The maximum Gasteiger partial charge on any atom is 0.192 e. The molecule has 0 bridgehead atoms. The van der Waals surface area contributed by atoms with Crippen LogP contribution in [0.15, 0.2) is 23.8 Å². The molecule has 0 aromatic heterocycles. The molecule has 0 radical (unpaired) electrons. The van der Waals surface area contributed by atoms with Gasteiger partial charge in [-0.25, -0.2) is 0 Å². The van der Waals surface area contributed by atoms with E-state index in [1.807, 2.05) is 13.0 Å². The average molecular weight is 381 g/mol. The molecule has 0 spiro atoms. The van der Waals surface area contributed by atoms with E-state index < -0.39 is 8.32 Å². The molecule has 26 heavy (non-hydrogen) atoms. The van der Waals surface area contributed by atoms with E-state index in [9.17, 15) is 4.79 Å². The molecule has 2 aliphatic rings. The van der Waals surface area contributed by atoms with Crippen molar-refractivity contribution in [3.63, 3.8) is 0 Å². The first-order valence-corrected chi connectivity index (χ1v) is 12.5. The number of allylic oxidation sites excluding steroid dienone is 2. The Morgan fingerprint density at radius 2 is 1.92 bits per heavy atom. The molecule has 0 saturated carbocycles. The van der Waals surface area contributed by atoms with Gasteiger partial charge >= 0.3 is 0 Å². The van der Waals surface area contributed by atoms with Crippen molar-refractivity contribution in [3.05, 3.63) is 23.8 Å². The lowest BCUT2D eigenvalue weighted by molar-refractivity contribution is -0.143. The van der Waals surface area contributed by atoms with Crippen LogP contribution in [0.4, 0.5) is 0 Å². The van der Waals surface area contributed by atoms with Crippen LogP contribution in [0.25, 0.3) is 0 Å². The van der Waals surface area contributed by atoms with Crippen LogP contribution in [0.1, 0.15) is 41.0 Å². The average Bonchev–Trinajstić information content (AvgIpc) is 2.54. The molecular formula is C21H36O4Si. The van der Waals surface area contributed by atoms with Crippen molar-refractivity contribution in [2.45, 2.75) is 65.3 Å². The first-order chi connectivity index (χ1) is 11.9. The standard InChI is InChI=1S/C21H36O4Si/c1-15-11-12-21(5)16(13-25-26(7,8)20(2,3)4)9-10-17(24-14-23-6)18(21)19(15)22/h9-11,16-18H,12-14H2,1-8H3/t16-,17+,18-,21+/m1/s1. The van der Waals surface area contributed by atoms with Crippen LogP contribution in [0.2, 0.25) is 18.1 Å². The number of rotatable bonds is 6. The number of fused-ring (bicyclic) bond motifs is 1. The molecule has 4 atom stereocenters. The van der Waals surface area contributed by atoms with Crippen molar-refractivity contribution in [2.24, 2.45) is 17.3 Å². The van der Waals surface area contributed by atoms with Gasteiger partial charge in [-0.15, -0.1) is 0 Å². The van der Waals surface area contributed by atoms with E-state index in [4.69, 9.17) is 13.9 Å². The summed E-state index contributed by atoms with van der Waals surface area (Å²) < 4.78 is 17.4. The Hall–Kier alpha value is -0.753. The number of carbonyl (C=O) groups is 1. The number of Topliss-reactive ketones (excluding diaryl/α,β-unsaturated/α-hetero) is 1. The highest BCUT2D eigenvalue weighted by Crippen LogP contribution is 2.50. The van der Waals surface area contributed by atoms with Crippen LogP contribution < -0.4 is 0 Å². The minimum Gasteiger partial charge on any atom is -0.416 e. The Morgan fingerprint density at radius 3 is 2.50 bits per heavy atom. The largest absolute Gasteiger partial charge is 0.416 e.